The molecule has 0 aromatic heterocycles. The third-order valence-corrected chi connectivity index (χ3v) is 8.20. The second-order valence-electron chi connectivity index (χ2n) is 12.2. The molecule has 51 heavy (non-hydrogen) atoms. The fourth-order valence-corrected chi connectivity index (χ4v) is 5.55. The molecular formula is C35H42N8O8. The Bertz CT molecular complexity index is 1780. The normalized spacial score (nSPS) is 20.4. The molecule has 1 aliphatic rings. The summed E-state index contributed by atoms with van der Waals surface area (Å²) in [5, 5.41) is 33.9. The monoisotopic (exact) mass is 702 g/mol. The number of nitrogens with one attached hydrogen (secondary N) is 5. The van der Waals surface area contributed by atoms with E-state index in [0.29, 0.717) is 11.1 Å². The number of hydrogen-bond donors (Lipinski definition) is 9. The summed E-state index contributed by atoms with van der Waals surface area (Å²) in [4.78, 5) is 83.2. The molecule has 0 aliphatic carbocycles. The summed E-state index contributed by atoms with van der Waals surface area (Å²) in [6.45, 7) is -0.432. The van der Waals surface area contributed by atoms with Gasteiger partial charge in [0.25, 0.3) is 0 Å². The lowest BCUT2D eigenvalue weighted by Gasteiger charge is -2.26. The molecule has 0 radical (unpaired) electrons. The van der Waals surface area contributed by atoms with Crippen molar-refractivity contribution >= 4 is 52.2 Å². The number of hydrogen-bond acceptors (Lipinski definition) is 8. The summed E-state index contributed by atoms with van der Waals surface area (Å²) in [5.74, 6) is -5.24. The summed E-state index contributed by atoms with van der Waals surface area (Å²) < 4.78 is 0. The second-order valence-corrected chi connectivity index (χ2v) is 12.2. The zero-order valence-electron chi connectivity index (χ0n) is 27.8. The summed E-state index contributed by atoms with van der Waals surface area (Å²) >= 11 is 0. The Balaban J connectivity index is 1.68. The molecule has 4 rings (SSSR count). The van der Waals surface area contributed by atoms with Crippen LogP contribution in [0.25, 0.3) is 10.8 Å². The van der Waals surface area contributed by atoms with E-state index in [1.807, 2.05) is 42.5 Å². The number of amides is 5. The van der Waals surface area contributed by atoms with Crippen molar-refractivity contribution in [3.63, 3.8) is 0 Å². The zero-order valence-corrected chi connectivity index (χ0v) is 27.8. The Hall–Kier alpha value is -6.19. The number of carboxylic acids is 1. The van der Waals surface area contributed by atoms with Crippen LogP contribution in [-0.2, 0) is 41.6 Å². The Morgan fingerprint density at radius 3 is 1.94 bits per heavy atom. The number of carbonyl (C=O) groups is 6. The molecule has 0 spiro atoms. The predicted octanol–water partition coefficient (Wildman–Crippen LogP) is -0.682. The summed E-state index contributed by atoms with van der Waals surface area (Å²) in [6.07, 6.45) is -0.625. The number of carbonyl (C=O) groups excluding carboxylic acids is 5. The van der Waals surface area contributed by atoms with E-state index in [1.165, 1.54) is 12.1 Å². The number of phenols is 1. The molecule has 11 N–H and O–H groups in total. The number of carboxylic acid groups (broad SMARTS) is 1. The van der Waals surface area contributed by atoms with Crippen LogP contribution in [0.15, 0.2) is 71.7 Å². The van der Waals surface area contributed by atoms with Gasteiger partial charge in [-0.1, -0.05) is 54.6 Å². The van der Waals surface area contributed by atoms with Crippen LogP contribution < -0.4 is 38.1 Å². The molecule has 16 heteroatoms. The molecule has 5 amide bonds. The first-order chi connectivity index (χ1) is 24.4. The minimum Gasteiger partial charge on any atom is -0.508 e. The van der Waals surface area contributed by atoms with Crippen LogP contribution in [0.2, 0.25) is 0 Å². The second kappa shape index (κ2) is 18.0. The van der Waals surface area contributed by atoms with Crippen LogP contribution in [-0.4, -0.2) is 88.9 Å². The number of benzene rings is 3. The van der Waals surface area contributed by atoms with Gasteiger partial charge in [-0.2, -0.15) is 0 Å². The number of fused-ring (bicyclic) bond motifs is 1. The van der Waals surface area contributed by atoms with Crippen LogP contribution in [0.5, 0.6) is 5.75 Å². The molecular weight excluding hydrogens is 660 g/mol. The fourth-order valence-electron chi connectivity index (χ4n) is 5.55. The van der Waals surface area contributed by atoms with E-state index >= 15 is 0 Å². The van der Waals surface area contributed by atoms with E-state index in [2.05, 4.69) is 31.6 Å². The van der Waals surface area contributed by atoms with Crippen LogP contribution in [0, 0.1) is 0 Å². The van der Waals surface area contributed by atoms with E-state index < -0.39 is 72.6 Å². The van der Waals surface area contributed by atoms with Crippen LogP contribution >= 0.6 is 0 Å². The van der Waals surface area contributed by atoms with E-state index in [-0.39, 0.29) is 50.4 Å². The highest BCUT2D eigenvalue weighted by molar-refractivity contribution is 5.97. The molecule has 3 aromatic carbocycles. The average molecular weight is 703 g/mol. The van der Waals surface area contributed by atoms with Gasteiger partial charge >= 0.3 is 5.97 Å². The van der Waals surface area contributed by atoms with Gasteiger partial charge < -0.3 is 48.3 Å². The lowest BCUT2D eigenvalue weighted by Crippen LogP contribution is -2.58. The molecule has 1 fully saturated rings. The Kier molecular flexibility index (Phi) is 13.3. The van der Waals surface area contributed by atoms with Gasteiger partial charge in [0.05, 0.1) is 6.54 Å². The third-order valence-electron chi connectivity index (χ3n) is 8.20. The first-order valence-electron chi connectivity index (χ1n) is 16.4. The molecule has 1 saturated heterocycles. The number of aromatic hydroxyl groups is 1. The SMILES string of the molecule is NC(N)=NCCCC1NC(=O)C(CCC(=O)O)NC(=O)C(Cc2ccc(O)cc2)NC(=O)CNC(=O)C(Cc2ccc3ccccc3c2)NC1=O. The quantitative estimate of drug-likeness (QED) is 0.0690. The molecule has 1 heterocycles. The minimum atomic E-state index is -1.42. The topological polar surface area (TPSA) is 267 Å². The summed E-state index contributed by atoms with van der Waals surface area (Å²) in [7, 11) is 0. The van der Waals surface area contributed by atoms with E-state index in [4.69, 9.17) is 11.5 Å². The van der Waals surface area contributed by atoms with Gasteiger partial charge in [-0.25, -0.2) is 0 Å². The van der Waals surface area contributed by atoms with Crippen molar-refractivity contribution in [2.75, 3.05) is 13.1 Å². The van der Waals surface area contributed by atoms with Gasteiger partial charge in [-0.3, -0.25) is 33.8 Å². The van der Waals surface area contributed by atoms with E-state index in [1.54, 1.807) is 12.1 Å². The Morgan fingerprint density at radius 2 is 1.27 bits per heavy atom. The third kappa shape index (κ3) is 11.7. The average Bonchev–Trinajstić information content (AvgIpc) is 3.09. The number of guanidine groups is 1. The first-order valence-corrected chi connectivity index (χ1v) is 16.4. The Labute approximate surface area is 293 Å². The summed E-state index contributed by atoms with van der Waals surface area (Å²) in [5.41, 5.74) is 12.1. The fraction of sp³-hybridized carbons (Fsp3) is 0.343. The van der Waals surface area contributed by atoms with Crippen molar-refractivity contribution < 1.29 is 39.0 Å². The number of aliphatic carboxylic acids is 1. The van der Waals surface area contributed by atoms with Crippen LogP contribution in [0.3, 0.4) is 0 Å². The Morgan fingerprint density at radius 1 is 0.706 bits per heavy atom. The number of phenolic OH excluding ortho intramolecular Hbond substituents is 1. The molecule has 1 aliphatic heterocycles. The number of aliphatic imine (C=N–C) groups is 1. The highest BCUT2D eigenvalue weighted by atomic mass is 16.4. The predicted molar refractivity (Wildman–Crippen MR) is 187 cm³/mol. The van der Waals surface area contributed by atoms with Crippen molar-refractivity contribution in [3.8, 4) is 5.75 Å². The lowest BCUT2D eigenvalue weighted by atomic mass is 10.0. The highest BCUT2D eigenvalue weighted by Crippen LogP contribution is 2.17. The largest absolute Gasteiger partial charge is 0.508 e. The van der Waals surface area contributed by atoms with Crippen molar-refractivity contribution in [1.82, 2.24) is 26.6 Å². The van der Waals surface area contributed by atoms with E-state index in [0.717, 1.165) is 10.8 Å². The number of nitrogens with two attached hydrogens (primary N) is 2. The standard InChI is InChI=1S/C35H42N8O8/c36-35(37)38-15-3-6-25-32(49)43-27(18-21-7-10-22-4-1-2-5-23(22)16-21)31(48)39-19-29(45)40-28(17-20-8-11-24(44)12-9-20)34(51)42-26(33(50)41-25)13-14-30(46)47/h1-2,4-5,7-12,16,25-28,44H,3,6,13-15,17-19H2,(H,39,48)(H,40,45)(H,41,50)(H,42,51)(H,43,49)(H,46,47)(H4,36,37,38). The van der Waals surface area contributed by atoms with Crippen molar-refractivity contribution in [2.45, 2.75) is 62.7 Å². The zero-order chi connectivity index (χ0) is 36.9. The molecule has 16 nitrogen and oxygen atoms in total. The van der Waals surface area contributed by atoms with Gasteiger partial charge in [0.15, 0.2) is 5.96 Å². The van der Waals surface area contributed by atoms with E-state index in [9.17, 15) is 39.0 Å². The van der Waals surface area contributed by atoms with Crippen molar-refractivity contribution in [2.24, 2.45) is 16.5 Å². The van der Waals surface area contributed by atoms with Crippen LogP contribution in [0.1, 0.15) is 36.8 Å². The molecule has 3 aromatic rings. The van der Waals surface area contributed by atoms with Crippen molar-refractivity contribution in [3.05, 3.63) is 77.9 Å². The maximum absolute atomic E-state index is 13.8. The molecule has 4 atom stereocenters. The summed E-state index contributed by atoms with van der Waals surface area (Å²) in [6, 6.07) is 13.9. The van der Waals surface area contributed by atoms with Gasteiger partial charge in [0, 0.05) is 25.8 Å². The maximum atomic E-state index is 13.8. The smallest absolute Gasteiger partial charge is 0.303 e. The molecule has 270 valence electrons. The number of nitrogens with zero attached hydrogens (tertiary/aromatic N) is 1. The minimum absolute atomic E-state index is 0.0157. The first kappa shape index (κ1) is 37.6. The van der Waals surface area contributed by atoms with Gasteiger partial charge in [-0.05, 0) is 53.3 Å². The number of rotatable bonds is 11. The molecule has 0 bridgehead atoms. The highest BCUT2D eigenvalue weighted by Gasteiger charge is 2.32. The van der Waals surface area contributed by atoms with Gasteiger partial charge in [-0.15, -0.1) is 0 Å². The van der Waals surface area contributed by atoms with Crippen molar-refractivity contribution in [1.29, 1.82) is 0 Å². The molecule has 4 unspecified atom stereocenters. The van der Waals surface area contributed by atoms with Crippen LogP contribution in [0.4, 0.5) is 0 Å². The van der Waals surface area contributed by atoms with Gasteiger partial charge in [0.1, 0.15) is 29.9 Å². The molecule has 0 saturated carbocycles. The van der Waals surface area contributed by atoms with Gasteiger partial charge in [0.2, 0.25) is 29.5 Å². The lowest BCUT2D eigenvalue weighted by molar-refractivity contribution is -0.138. The maximum Gasteiger partial charge on any atom is 0.303 e.